The van der Waals surface area contributed by atoms with Crippen LogP contribution in [0.2, 0.25) is 5.02 Å². The second-order valence-electron chi connectivity index (χ2n) is 3.03. The summed E-state index contributed by atoms with van der Waals surface area (Å²) in [5, 5.41) is 7.85. The number of hydrogen-bond acceptors (Lipinski definition) is 2. The van der Waals surface area contributed by atoms with Crippen molar-refractivity contribution in [2.24, 2.45) is 0 Å². The summed E-state index contributed by atoms with van der Waals surface area (Å²) in [6.07, 6.45) is 3.52. The molecule has 2 aromatic rings. The Morgan fingerprint density at radius 2 is 2.27 bits per heavy atom. The summed E-state index contributed by atoms with van der Waals surface area (Å²) in [4.78, 5) is 0. The molecule has 4 heteroatoms. The third kappa shape index (κ3) is 2.39. The van der Waals surface area contributed by atoms with E-state index in [1.165, 1.54) is 0 Å². The lowest BCUT2D eigenvalue weighted by Gasteiger charge is -2.09. The van der Waals surface area contributed by atoms with Crippen molar-refractivity contribution in [3.05, 3.63) is 54.3 Å². The molecule has 0 saturated heterocycles. The van der Waals surface area contributed by atoms with E-state index in [1.807, 2.05) is 36.5 Å². The van der Waals surface area contributed by atoms with Crippen molar-refractivity contribution >= 4 is 23.1 Å². The maximum Gasteiger partial charge on any atom is 0.124 e. The molecular formula is C11H10ClN3. The van der Waals surface area contributed by atoms with Gasteiger partial charge in [-0.05, 0) is 24.3 Å². The maximum absolute atomic E-state index is 5.86. The van der Waals surface area contributed by atoms with Crippen LogP contribution in [0.5, 0.6) is 0 Å². The Bertz CT molecular complexity index is 462. The summed E-state index contributed by atoms with van der Waals surface area (Å²) in [5.74, 6) is 0.683. The molecule has 0 fully saturated rings. The molecule has 0 unspecified atom stereocenters. The summed E-state index contributed by atoms with van der Waals surface area (Å²) < 4.78 is 1.65. The van der Waals surface area contributed by atoms with Gasteiger partial charge in [0.05, 0.1) is 0 Å². The molecule has 0 radical (unpaired) electrons. The monoisotopic (exact) mass is 219 g/mol. The lowest BCUT2D eigenvalue weighted by atomic mass is 10.3. The Morgan fingerprint density at radius 3 is 2.93 bits per heavy atom. The Kier molecular flexibility index (Phi) is 2.74. The van der Waals surface area contributed by atoms with Gasteiger partial charge in [-0.15, -0.1) is 0 Å². The molecule has 1 heterocycles. The average Bonchev–Trinajstić information content (AvgIpc) is 2.70. The van der Waals surface area contributed by atoms with E-state index in [0.29, 0.717) is 10.8 Å². The summed E-state index contributed by atoms with van der Waals surface area (Å²) in [5.41, 5.74) is 0.892. The highest BCUT2D eigenvalue weighted by Crippen LogP contribution is 2.17. The topological polar surface area (TPSA) is 29.9 Å². The molecule has 76 valence electrons. The fourth-order valence-electron chi connectivity index (χ4n) is 1.22. The van der Waals surface area contributed by atoms with Crippen LogP contribution in [-0.4, -0.2) is 9.78 Å². The van der Waals surface area contributed by atoms with Crippen LogP contribution in [0.3, 0.4) is 0 Å². The van der Waals surface area contributed by atoms with E-state index < -0.39 is 0 Å². The van der Waals surface area contributed by atoms with Crippen LogP contribution >= 0.6 is 11.6 Å². The summed E-state index contributed by atoms with van der Waals surface area (Å²) in [6, 6.07) is 9.28. The Hall–Kier alpha value is -1.74. The lowest BCUT2D eigenvalue weighted by Crippen LogP contribution is -2.05. The van der Waals surface area contributed by atoms with Crippen LogP contribution in [0.4, 0.5) is 5.69 Å². The van der Waals surface area contributed by atoms with Crippen molar-refractivity contribution < 1.29 is 0 Å². The number of rotatable bonds is 3. The first-order valence-electron chi connectivity index (χ1n) is 4.47. The van der Waals surface area contributed by atoms with Crippen LogP contribution in [0, 0.1) is 0 Å². The van der Waals surface area contributed by atoms with Gasteiger partial charge >= 0.3 is 0 Å². The Balaban J connectivity index is 2.13. The molecule has 3 nitrogen and oxygen atoms in total. The molecule has 0 amide bonds. The van der Waals surface area contributed by atoms with Crippen LogP contribution in [0.15, 0.2) is 49.3 Å². The molecule has 0 bridgehead atoms. The predicted molar refractivity (Wildman–Crippen MR) is 62.6 cm³/mol. The van der Waals surface area contributed by atoms with Gasteiger partial charge in [0.2, 0.25) is 0 Å². The van der Waals surface area contributed by atoms with Gasteiger partial charge in [-0.3, -0.25) is 0 Å². The van der Waals surface area contributed by atoms with Crippen LogP contribution < -0.4 is 5.32 Å². The summed E-state index contributed by atoms with van der Waals surface area (Å²) in [6.45, 7) is 3.87. The number of nitrogens with zero attached hydrogens (tertiary/aromatic N) is 2. The average molecular weight is 220 g/mol. The van der Waals surface area contributed by atoms with Crippen LogP contribution in [-0.2, 0) is 0 Å². The summed E-state index contributed by atoms with van der Waals surface area (Å²) in [7, 11) is 0. The minimum atomic E-state index is 0.683. The zero-order valence-corrected chi connectivity index (χ0v) is 8.78. The second kappa shape index (κ2) is 4.19. The van der Waals surface area contributed by atoms with Gasteiger partial charge in [-0.25, -0.2) is 4.68 Å². The Morgan fingerprint density at radius 1 is 1.40 bits per heavy atom. The van der Waals surface area contributed by atoms with Crippen molar-refractivity contribution in [1.29, 1.82) is 0 Å². The molecule has 2 rings (SSSR count). The number of halogens is 1. The van der Waals surface area contributed by atoms with Crippen molar-refractivity contribution in [2.45, 2.75) is 0 Å². The standard InChI is InChI=1S/C11H10ClN3/c1-9(15-7-3-6-13-15)14-11-5-2-4-10(12)8-11/h2-8,14H,1H2. The second-order valence-corrected chi connectivity index (χ2v) is 3.47. The fourth-order valence-corrected chi connectivity index (χ4v) is 1.41. The number of nitrogens with one attached hydrogen (secondary N) is 1. The third-order valence-corrected chi connectivity index (χ3v) is 2.13. The van der Waals surface area contributed by atoms with Gasteiger partial charge in [0.25, 0.3) is 0 Å². The summed E-state index contributed by atoms with van der Waals surface area (Å²) >= 11 is 5.86. The molecule has 1 N–H and O–H groups in total. The minimum Gasteiger partial charge on any atom is -0.341 e. The van der Waals surface area contributed by atoms with Gasteiger partial charge in [-0.2, -0.15) is 5.10 Å². The number of hydrogen-bond donors (Lipinski definition) is 1. The normalized spacial score (nSPS) is 9.93. The molecule has 0 saturated carbocycles. The zero-order chi connectivity index (χ0) is 10.7. The molecule has 0 atom stereocenters. The highest BCUT2D eigenvalue weighted by atomic mass is 35.5. The third-order valence-electron chi connectivity index (χ3n) is 1.89. The molecule has 0 aliphatic carbocycles. The molecule has 0 aliphatic heterocycles. The van der Waals surface area contributed by atoms with Crippen molar-refractivity contribution in [3.8, 4) is 0 Å². The van der Waals surface area contributed by atoms with E-state index in [0.717, 1.165) is 5.69 Å². The first-order valence-corrected chi connectivity index (χ1v) is 4.85. The van der Waals surface area contributed by atoms with Gasteiger partial charge in [0.1, 0.15) is 5.82 Å². The number of benzene rings is 1. The highest BCUT2D eigenvalue weighted by molar-refractivity contribution is 6.30. The van der Waals surface area contributed by atoms with Crippen LogP contribution in [0.25, 0.3) is 5.82 Å². The predicted octanol–water partition coefficient (Wildman–Crippen LogP) is 3.08. The fraction of sp³-hybridized carbons (Fsp3) is 0. The first-order chi connectivity index (χ1) is 7.25. The zero-order valence-electron chi connectivity index (χ0n) is 8.02. The van der Waals surface area contributed by atoms with Gasteiger partial charge in [-0.1, -0.05) is 24.2 Å². The SMILES string of the molecule is C=C(Nc1cccc(Cl)c1)n1cccn1. The van der Waals surface area contributed by atoms with Gasteiger partial charge in [0.15, 0.2) is 0 Å². The van der Waals surface area contributed by atoms with E-state index >= 15 is 0 Å². The molecule has 1 aromatic heterocycles. The van der Waals surface area contributed by atoms with E-state index in [4.69, 9.17) is 11.6 Å². The minimum absolute atomic E-state index is 0.683. The van der Waals surface area contributed by atoms with Crippen molar-refractivity contribution in [2.75, 3.05) is 5.32 Å². The Labute approximate surface area is 93.0 Å². The smallest absolute Gasteiger partial charge is 0.124 e. The van der Waals surface area contributed by atoms with Gasteiger partial charge in [0, 0.05) is 23.1 Å². The molecule has 1 aromatic carbocycles. The van der Waals surface area contributed by atoms with Crippen LogP contribution in [0.1, 0.15) is 0 Å². The van der Waals surface area contributed by atoms with E-state index in [9.17, 15) is 0 Å². The maximum atomic E-state index is 5.86. The molecular weight excluding hydrogens is 210 g/mol. The highest BCUT2D eigenvalue weighted by Gasteiger charge is 1.98. The van der Waals surface area contributed by atoms with E-state index in [1.54, 1.807) is 10.9 Å². The van der Waals surface area contributed by atoms with Crippen molar-refractivity contribution in [1.82, 2.24) is 9.78 Å². The molecule has 0 spiro atoms. The number of aromatic nitrogens is 2. The largest absolute Gasteiger partial charge is 0.341 e. The first kappa shape index (κ1) is 9.80. The van der Waals surface area contributed by atoms with Gasteiger partial charge < -0.3 is 5.32 Å². The lowest BCUT2D eigenvalue weighted by molar-refractivity contribution is 0.901. The quantitative estimate of drug-likeness (QED) is 0.860. The number of anilines is 1. The molecule has 0 aliphatic rings. The van der Waals surface area contributed by atoms with E-state index in [2.05, 4.69) is 17.0 Å². The molecule has 15 heavy (non-hydrogen) atoms. The van der Waals surface area contributed by atoms with Crippen molar-refractivity contribution in [3.63, 3.8) is 0 Å². The van der Waals surface area contributed by atoms with E-state index in [-0.39, 0.29) is 0 Å².